The number of hydrogen-bond acceptors (Lipinski definition) is 3. The van der Waals surface area contributed by atoms with Crippen LogP contribution >= 0.6 is 11.6 Å². The van der Waals surface area contributed by atoms with Crippen LogP contribution in [0.4, 0.5) is 0 Å². The fourth-order valence-electron chi connectivity index (χ4n) is 2.11. The molecule has 0 spiro atoms. The van der Waals surface area contributed by atoms with E-state index in [0.29, 0.717) is 29.7 Å². The van der Waals surface area contributed by atoms with E-state index in [1.165, 1.54) is 0 Å². The molecule has 0 aromatic heterocycles. The molecule has 1 N–H and O–H groups in total. The summed E-state index contributed by atoms with van der Waals surface area (Å²) < 4.78 is 11.1. The lowest BCUT2D eigenvalue weighted by atomic mass is 9.98. The van der Waals surface area contributed by atoms with Gasteiger partial charge in [0.1, 0.15) is 0 Å². The van der Waals surface area contributed by atoms with E-state index in [2.05, 4.69) is 0 Å². The Bertz CT molecular complexity index is 474. The lowest BCUT2D eigenvalue weighted by molar-refractivity contribution is -0.138. The SMILES string of the molecule is CCOc1cc(Cl)c(CCC(C)CC(=O)O)cc1OCC. The highest BCUT2D eigenvalue weighted by Gasteiger charge is 2.13. The topological polar surface area (TPSA) is 55.8 Å². The zero-order valence-corrected chi connectivity index (χ0v) is 13.6. The van der Waals surface area contributed by atoms with Crippen molar-refractivity contribution < 1.29 is 19.4 Å². The first kappa shape index (κ1) is 17.6. The van der Waals surface area contributed by atoms with E-state index in [1.807, 2.05) is 26.8 Å². The zero-order chi connectivity index (χ0) is 15.8. The van der Waals surface area contributed by atoms with Gasteiger partial charge >= 0.3 is 5.97 Å². The second-order valence-electron chi connectivity index (χ2n) is 5.00. The predicted molar refractivity (Wildman–Crippen MR) is 83.5 cm³/mol. The van der Waals surface area contributed by atoms with Gasteiger partial charge in [-0.25, -0.2) is 0 Å². The third kappa shape index (κ3) is 5.84. The fraction of sp³-hybridized carbons (Fsp3) is 0.562. The van der Waals surface area contributed by atoms with Crippen LogP contribution in [0.2, 0.25) is 5.02 Å². The van der Waals surface area contributed by atoms with E-state index >= 15 is 0 Å². The Labute approximate surface area is 131 Å². The molecular weight excluding hydrogens is 292 g/mol. The molecule has 1 aromatic rings. The van der Waals surface area contributed by atoms with Crippen molar-refractivity contribution in [3.63, 3.8) is 0 Å². The van der Waals surface area contributed by atoms with Crippen molar-refractivity contribution in [3.05, 3.63) is 22.7 Å². The van der Waals surface area contributed by atoms with Crippen LogP contribution in [-0.4, -0.2) is 24.3 Å². The number of rotatable bonds is 9. The minimum Gasteiger partial charge on any atom is -0.490 e. The van der Waals surface area contributed by atoms with E-state index in [4.69, 9.17) is 26.2 Å². The summed E-state index contributed by atoms with van der Waals surface area (Å²) in [5.74, 6) is 0.673. The molecule has 0 aliphatic rings. The fourth-order valence-corrected chi connectivity index (χ4v) is 2.36. The first-order valence-corrected chi connectivity index (χ1v) is 7.65. The van der Waals surface area contributed by atoms with Gasteiger partial charge < -0.3 is 14.6 Å². The second-order valence-corrected chi connectivity index (χ2v) is 5.41. The van der Waals surface area contributed by atoms with Crippen molar-refractivity contribution in [2.45, 2.75) is 40.0 Å². The monoisotopic (exact) mass is 314 g/mol. The molecule has 0 saturated heterocycles. The van der Waals surface area contributed by atoms with Gasteiger partial charge in [-0.1, -0.05) is 18.5 Å². The average Bonchev–Trinajstić information content (AvgIpc) is 2.40. The molecule has 5 heteroatoms. The summed E-state index contributed by atoms with van der Waals surface area (Å²) in [6.07, 6.45) is 1.66. The van der Waals surface area contributed by atoms with E-state index in [9.17, 15) is 4.79 Å². The van der Waals surface area contributed by atoms with E-state index < -0.39 is 5.97 Å². The second kappa shape index (κ2) is 8.78. The maximum absolute atomic E-state index is 10.7. The average molecular weight is 315 g/mol. The number of hydrogen-bond donors (Lipinski definition) is 1. The van der Waals surface area contributed by atoms with Gasteiger partial charge in [-0.3, -0.25) is 4.79 Å². The van der Waals surface area contributed by atoms with Crippen LogP contribution in [-0.2, 0) is 11.2 Å². The number of aryl methyl sites for hydroxylation is 1. The van der Waals surface area contributed by atoms with Gasteiger partial charge in [0.25, 0.3) is 0 Å². The van der Waals surface area contributed by atoms with Crippen LogP contribution in [0.5, 0.6) is 11.5 Å². The number of carbonyl (C=O) groups is 1. The largest absolute Gasteiger partial charge is 0.490 e. The van der Waals surface area contributed by atoms with Crippen molar-refractivity contribution in [3.8, 4) is 11.5 Å². The van der Waals surface area contributed by atoms with Gasteiger partial charge in [0.05, 0.1) is 13.2 Å². The minimum absolute atomic E-state index is 0.112. The first-order chi connectivity index (χ1) is 9.97. The Morgan fingerprint density at radius 1 is 1.24 bits per heavy atom. The number of carboxylic acids is 1. The Morgan fingerprint density at radius 2 is 1.81 bits per heavy atom. The Kier molecular flexibility index (Phi) is 7.37. The van der Waals surface area contributed by atoms with Crippen molar-refractivity contribution in [2.24, 2.45) is 5.92 Å². The number of ether oxygens (including phenoxy) is 2. The molecule has 0 heterocycles. The van der Waals surface area contributed by atoms with Crippen LogP contribution in [0.3, 0.4) is 0 Å². The molecule has 1 unspecified atom stereocenters. The van der Waals surface area contributed by atoms with Gasteiger partial charge in [0.15, 0.2) is 11.5 Å². The standard InChI is InChI=1S/C16H23ClO4/c1-4-20-14-9-12(7-6-11(3)8-16(18)19)13(17)10-15(14)21-5-2/h9-11H,4-8H2,1-3H3,(H,18,19). The maximum Gasteiger partial charge on any atom is 0.303 e. The van der Waals surface area contributed by atoms with Crippen molar-refractivity contribution in [2.75, 3.05) is 13.2 Å². The molecule has 0 radical (unpaired) electrons. The summed E-state index contributed by atoms with van der Waals surface area (Å²) in [6.45, 7) is 6.85. The smallest absolute Gasteiger partial charge is 0.303 e. The minimum atomic E-state index is -0.768. The highest BCUT2D eigenvalue weighted by molar-refractivity contribution is 6.31. The molecule has 0 saturated carbocycles. The molecule has 1 rings (SSSR count). The zero-order valence-electron chi connectivity index (χ0n) is 12.8. The van der Waals surface area contributed by atoms with Crippen molar-refractivity contribution in [1.29, 1.82) is 0 Å². The summed E-state index contributed by atoms with van der Waals surface area (Å²) in [5.41, 5.74) is 0.959. The molecule has 0 aliphatic heterocycles. The Hall–Kier alpha value is -1.42. The summed E-state index contributed by atoms with van der Waals surface area (Å²) in [6, 6.07) is 3.66. The lowest BCUT2D eigenvalue weighted by Crippen LogP contribution is -2.06. The molecule has 1 atom stereocenters. The maximum atomic E-state index is 10.7. The van der Waals surface area contributed by atoms with Gasteiger partial charge in [0, 0.05) is 17.5 Å². The highest BCUT2D eigenvalue weighted by atomic mass is 35.5. The van der Waals surface area contributed by atoms with E-state index in [-0.39, 0.29) is 12.3 Å². The van der Waals surface area contributed by atoms with E-state index in [0.717, 1.165) is 18.4 Å². The lowest BCUT2D eigenvalue weighted by Gasteiger charge is -2.15. The van der Waals surface area contributed by atoms with Crippen LogP contribution in [0.25, 0.3) is 0 Å². The van der Waals surface area contributed by atoms with Gasteiger partial charge in [0.2, 0.25) is 0 Å². The normalized spacial score (nSPS) is 12.0. The molecule has 4 nitrogen and oxygen atoms in total. The summed E-state index contributed by atoms with van der Waals surface area (Å²) in [7, 11) is 0. The summed E-state index contributed by atoms with van der Waals surface area (Å²) in [5, 5.41) is 9.41. The molecule has 0 amide bonds. The molecule has 1 aromatic carbocycles. The molecular formula is C16H23ClO4. The number of aliphatic carboxylic acids is 1. The molecule has 118 valence electrons. The van der Waals surface area contributed by atoms with Gasteiger partial charge in [-0.05, 0) is 44.2 Å². The van der Waals surface area contributed by atoms with Crippen molar-refractivity contribution >= 4 is 17.6 Å². The molecule has 0 bridgehead atoms. The summed E-state index contributed by atoms with van der Waals surface area (Å²) >= 11 is 6.27. The quantitative estimate of drug-likeness (QED) is 0.743. The van der Waals surface area contributed by atoms with Crippen LogP contribution in [0, 0.1) is 5.92 Å². The number of halogens is 1. The van der Waals surface area contributed by atoms with Crippen molar-refractivity contribution in [1.82, 2.24) is 0 Å². The summed E-state index contributed by atoms with van der Waals surface area (Å²) in [4.78, 5) is 10.7. The van der Waals surface area contributed by atoms with Gasteiger partial charge in [-0.2, -0.15) is 0 Å². The Balaban J connectivity index is 2.82. The third-order valence-corrected chi connectivity index (χ3v) is 3.49. The van der Waals surface area contributed by atoms with Crippen LogP contribution in [0.1, 0.15) is 39.2 Å². The molecule has 21 heavy (non-hydrogen) atoms. The number of benzene rings is 1. The van der Waals surface area contributed by atoms with Gasteiger partial charge in [-0.15, -0.1) is 0 Å². The first-order valence-electron chi connectivity index (χ1n) is 7.27. The predicted octanol–water partition coefficient (Wildman–Crippen LogP) is 4.18. The highest BCUT2D eigenvalue weighted by Crippen LogP contribution is 2.34. The van der Waals surface area contributed by atoms with Crippen LogP contribution < -0.4 is 9.47 Å². The third-order valence-electron chi connectivity index (χ3n) is 3.14. The Morgan fingerprint density at radius 3 is 2.33 bits per heavy atom. The molecule has 0 aliphatic carbocycles. The number of carboxylic acid groups (broad SMARTS) is 1. The molecule has 0 fully saturated rings. The van der Waals surface area contributed by atoms with Crippen LogP contribution in [0.15, 0.2) is 12.1 Å². The van der Waals surface area contributed by atoms with E-state index in [1.54, 1.807) is 6.07 Å².